The first kappa shape index (κ1) is 17.4. The predicted molar refractivity (Wildman–Crippen MR) is 93.7 cm³/mol. The highest BCUT2D eigenvalue weighted by molar-refractivity contribution is 7.89. The second kappa shape index (κ2) is 7.25. The van der Waals surface area contributed by atoms with Crippen LogP contribution in [0.1, 0.15) is 18.0 Å². The molecule has 1 atom stereocenters. The predicted octanol–water partition coefficient (Wildman–Crippen LogP) is 1.95. The Hall–Kier alpha value is -2.38. The number of amides is 1. The van der Waals surface area contributed by atoms with Crippen LogP contribution >= 0.6 is 0 Å². The lowest BCUT2D eigenvalue weighted by molar-refractivity contribution is -0.121. The molecule has 6 nitrogen and oxygen atoms in total. The van der Waals surface area contributed by atoms with Gasteiger partial charge in [0.2, 0.25) is 15.9 Å². The SMILES string of the molecule is COc1ccccc1S(=O)(=O)N1CCNC(=O)CC1c1ccccc1. The minimum atomic E-state index is -3.83. The van der Waals surface area contributed by atoms with E-state index < -0.39 is 16.1 Å². The third-order valence-electron chi connectivity index (χ3n) is 4.22. The minimum absolute atomic E-state index is 0.0817. The van der Waals surface area contributed by atoms with Gasteiger partial charge in [0.05, 0.1) is 13.2 Å². The molecule has 1 unspecified atom stereocenters. The van der Waals surface area contributed by atoms with Crippen LogP contribution in [-0.2, 0) is 14.8 Å². The van der Waals surface area contributed by atoms with Gasteiger partial charge in [0.25, 0.3) is 0 Å². The number of nitrogens with zero attached hydrogens (tertiary/aromatic N) is 1. The Morgan fingerprint density at radius 3 is 2.48 bits per heavy atom. The van der Waals surface area contributed by atoms with Crippen molar-refractivity contribution in [2.75, 3.05) is 20.2 Å². The van der Waals surface area contributed by atoms with Gasteiger partial charge in [0, 0.05) is 19.5 Å². The topological polar surface area (TPSA) is 75.7 Å². The molecule has 1 aliphatic heterocycles. The van der Waals surface area contributed by atoms with Crippen LogP contribution in [0.3, 0.4) is 0 Å². The average molecular weight is 360 g/mol. The van der Waals surface area contributed by atoms with Crippen LogP contribution in [0.2, 0.25) is 0 Å². The van der Waals surface area contributed by atoms with Crippen molar-refractivity contribution in [2.24, 2.45) is 0 Å². The van der Waals surface area contributed by atoms with Crippen LogP contribution < -0.4 is 10.1 Å². The van der Waals surface area contributed by atoms with Crippen molar-refractivity contribution < 1.29 is 17.9 Å². The van der Waals surface area contributed by atoms with Crippen molar-refractivity contribution in [1.29, 1.82) is 0 Å². The molecule has 1 N–H and O–H groups in total. The van der Waals surface area contributed by atoms with E-state index in [4.69, 9.17) is 4.74 Å². The molecule has 0 spiro atoms. The molecule has 2 aromatic rings. The zero-order valence-corrected chi connectivity index (χ0v) is 14.7. The fourth-order valence-electron chi connectivity index (χ4n) is 3.02. The number of carbonyl (C=O) groups is 1. The van der Waals surface area contributed by atoms with Gasteiger partial charge in [-0.05, 0) is 17.7 Å². The largest absolute Gasteiger partial charge is 0.495 e. The van der Waals surface area contributed by atoms with E-state index in [1.54, 1.807) is 18.2 Å². The Labute approximate surface area is 147 Å². The number of para-hydroxylation sites is 1. The number of ether oxygens (including phenoxy) is 1. The Morgan fingerprint density at radius 1 is 1.08 bits per heavy atom. The summed E-state index contributed by atoms with van der Waals surface area (Å²) < 4.78 is 33.2. The molecule has 0 bridgehead atoms. The first-order valence-electron chi connectivity index (χ1n) is 8.00. The molecular formula is C18H20N2O4S. The molecule has 7 heteroatoms. The van der Waals surface area contributed by atoms with E-state index in [1.165, 1.54) is 17.5 Å². The summed E-state index contributed by atoms with van der Waals surface area (Å²) in [5.41, 5.74) is 0.790. The lowest BCUT2D eigenvalue weighted by atomic mass is 10.0. The molecule has 1 amide bonds. The number of rotatable bonds is 4. The smallest absolute Gasteiger partial charge is 0.247 e. The number of carbonyl (C=O) groups excluding carboxylic acids is 1. The molecule has 25 heavy (non-hydrogen) atoms. The van der Waals surface area contributed by atoms with E-state index >= 15 is 0 Å². The number of sulfonamides is 1. The Balaban J connectivity index is 2.09. The molecule has 3 rings (SSSR count). The van der Waals surface area contributed by atoms with E-state index in [9.17, 15) is 13.2 Å². The molecule has 2 aromatic carbocycles. The van der Waals surface area contributed by atoms with Crippen molar-refractivity contribution in [3.8, 4) is 5.75 Å². The van der Waals surface area contributed by atoms with Gasteiger partial charge in [0.1, 0.15) is 10.6 Å². The Bertz CT molecular complexity index is 852. The summed E-state index contributed by atoms with van der Waals surface area (Å²) in [5, 5.41) is 2.75. The molecule has 1 fully saturated rings. The van der Waals surface area contributed by atoms with Crippen molar-refractivity contribution in [3.05, 3.63) is 60.2 Å². The number of benzene rings is 2. The first-order valence-corrected chi connectivity index (χ1v) is 9.44. The van der Waals surface area contributed by atoms with Gasteiger partial charge >= 0.3 is 0 Å². The standard InChI is InChI=1S/C18H20N2O4S/c1-24-16-9-5-6-10-17(16)25(22,23)20-12-11-19-18(21)13-15(20)14-7-3-2-4-8-14/h2-10,15H,11-13H2,1H3,(H,19,21). The van der Waals surface area contributed by atoms with E-state index in [0.717, 1.165) is 5.56 Å². The molecule has 0 aromatic heterocycles. The lowest BCUT2D eigenvalue weighted by Crippen LogP contribution is -2.36. The number of nitrogens with one attached hydrogen (secondary N) is 1. The molecular weight excluding hydrogens is 340 g/mol. The molecule has 0 aliphatic carbocycles. The number of methoxy groups -OCH3 is 1. The van der Waals surface area contributed by atoms with E-state index in [2.05, 4.69) is 5.32 Å². The maximum Gasteiger partial charge on any atom is 0.247 e. The van der Waals surface area contributed by atoms with Gasteiger partial charge < -0.3 is 10.1 Å². The monoisotopic (exact) mass is 360 g/mol. The maximum atomic E-state index is 13.3. The van der Waals surface area contributed by atoms with Crippen LogP contribution in [0.15, 0.2) is 59.5 Å². The zero-order chi connectivity index (χ0) is 17.9. The van der Waals surface area contributed by atoms with Crippen molar-refractivity contribution in [3.63, 3.8) is 0 Å². The summed E-state index contributed by atoms with van der Waals surface area (Å²) in [5.74, 6) is 0.129. The van der Waals surface area contributed by atoms with Crippen molar-refractivity contribution in [2.45, 2.75) is 17.4 Å². The van der Waals surface area contributed by atoms with Gasteiger partial charge in [-0.3, -0.25) is 4.79 Å². The quantitative estimate of drug-likeness (QED) is 0.904. The zero-order valence-electron chi connectivity index (χ0n) is 13.9. The summed E-state index contributed by atoms with van der Waals surface area (Å²) in [4.78, 5) is 12.1. The summed E-state index contributed by atoms with van der Waals surface area (Å²) in [6.07, 6.45) is 0.0817. The van der Waals surface area contributed by atoms with E-state index in [0.29, 0.717) is 0 Å². The van der Waals surface area contributed by atoms with Crippen molar-refractivity contribution in [1.82, 2.24) is 9.62 Å². The number of hydrogen-bond donors (Lipinski definition) is 1. The maximum absolute atomic E-state index is 13.3. The first-order chi connectivity index (χ1) is 12.0. The molecule has 1 heterocycles. The minimum Gasteiger partial charge on any atom is -0.495 e. The Morgan fingerprint density at radius 2 is 1.76 bits per heavy atom. The molecule has 0 radical (unpaired) electrons. The van der Waals surface area contributed by atoms with Gasteiger partial charge in [-0.25, -0.2) is 8.42 Å². The summed E-state index contributed by atoms with van der Waals surface area (Å²) in [6, 6.07) is 15.2. The Kier molecular flexibility index (Phi) is 5.06. The third kappa shape index (κ3) is 3.52. The molecule has 0 saturated carbocycles. The highest BCUT2D eigenvalue weighted by Crippen LogP contribution is 2.34. The second-order valence-corrected chi connectivity index (χ2v) is 7.61. The normalized spacial score (nSPS) is 19.1. The van der Waals surface area contributed by atoms with Crippen LogP contribution in [0.25, 0.3) is 0 Å². The van der Waals surface area contributed by atoms with Crippen LogP contribution in [0.4, 0.5) is 0 Å². The fraction of sp³-hybridized carbons (Fsp3) is 0.278. The molecule has 1 aliphatic rings. The van der Waals surface area contributed by atoms with Crippen LogP contribution in [-0.4, -0.2) is 38.8 Å². The summed E-state index contributed by atoms with van der Waals surface area (Å²) in [7, 11) is -2.39. The lowest BCUT2D eigenvalue weighted by Gasteiger charge is -2.29. The number of hydrogen-bond acceptors (Lipinski definition) is 4. The van der Waals surface area contributed by atoms with E-state index in [1.807, 2.05) is 30.3 Å². The second-order valence-electron chi connectivity index (χ2n) is 5.75. The highest BCUT2D eigenvalue weighted by Gasteiger charge is 2.36. The fourth-order valence-corrected chi connectivity index (χ4v) is 4.79. The van der Waals surface area contributed by atoms with Crippen molar-refractivity contribution >= 4 is 15.9 Å². The molecule has 132 valence electrons. The van der Waals surface area contributed by atoms with E-state index in [-0.39, 0.29) is 36.1 Å². The van der Waals surface area contributed by atoms with Gasteiger partial charge in [0.15, 0.2) is 0 Å². The van der Waals surface area contributed by atoms with Crippen LogP contribution in [0.5, 0.6) is 5.75 Å². The van der Waals surface area contributed by atoms with Crippen LogP contribution in [0, 0.1) is 0 Å². The highest BCUT2D eigenvalue weighted by atomic mass is 32.2. The summed E-state index contributed by atoms with van der Waals surface area (Å²) >= 11 is 0. The summed E-state index contributed by atoms with van der Waals surface area (Å²) in [6.45, 7) is 0.474. The third-order valence-corrected chi connectivity index (χ3v) is 6.17. The van der Waals surface area contributed by atoms with Gasteiger partial charge in [-0.1, -0.05) is 42.5 Å². The van der Waals surface area contributed by atoms with Gasteiger partial charge in [-0.2, -0.15) is 4.31 Å². The molecule has 1 saturated heterocycles. The average Bonchev–Trinajstić information content (AvgIpc) is 2.84. The van der Waals surface area contributed by atoms with Gasteiger partial charge in [-0.15, -0.1) is 0 Å².